The zero-order chi connectivity index (χ0) is 18.6. The number of fused-ring (bicyclic) bond motifs is 1. The molecule has 134 valence electrons. The Kier molecular flexibility index (Phi) is 4.57. The number of carbonyl (C=O) groups is 1. The second-order valence-corrected chi connectivity index (χ2v) is 6.15. The fraction of sp³-hybridized carbons (Fsp3) is 0.150. The molecule has 0 fully saturated rings. The average Bonchev–Trinajstić information content (AvgIpc) is 3.08. The normalized spacial score (nSPS) is 10.9. The highest BCUT2D eigenvalue weighted by molar-refractivity contribution is 5.91. The number of hydrogen-bond donors (Lipinski definition) is 1. The molecule has 0 aliphatic heterocycles. The van der Waals surface area contributed by atoms with E-state index in [4.69, 9.17) is 4.98 Å². The molecule has 1 aromatic carbocycles. The van der Waals surface area contributed by atoms with Gasteiger partial charge in [-0.05, 0) is 19.1 Å². The second kappa shape index (κ2) is 7.33. The van der Waals surface area contributed by atoms with Gasteiger partial charge < -0.3 is 9.88 Å². The molecule has 7 nitrogen and oxygen atoms in total. The Morgan fingerprint density at radius 3 is 2.70 bits per heavy atom. The summed E-state index contributed by atoms with van der Waals surface area (Å²) in [6.07, 6.45) is 6.23. The summed E-state index contributed by atoms with van der Waals surface area (Å²) in [4.78, 5) is 29.3. The number of amides is 1. The van der Waals surface area contributed by atoms with Crippen molar-refractivity contribution in [2.24, 2.45) is 0 Å². The van der Waals surface area contributed by atoms with Crippen molar-refractivity contribution in [3.05, 3.63) is 72.4 Å². The van der Waals surface area contributed by atoms with Crippen molar-refractivity contribution >= 4 is 17.1 Å². The third kappa shape index (κ3) is 3.52. The maximum absolute atomic E-state index is 12.2. The molecule has 3 aromatic heterocycles. The molecule has 0 aliphatic rings. The number of pyridine rings is 1. The molecule has 0 saturated heterocycles. The third-order valence-electron chi connectivity index (χ3n) is 4.23. The number of nitrogens with zero attached hydrogens (tertiary/aromatic N) is 5. The van der Waals surface area contributed by atoms with Gasteiger partial charge in [0.05, 0.1) is 6.20 Å². The molecule has 0 bridgehead atoms. The topological polar surface area (TPSA) is 85.6 Å². The smallest absolute Gasteiger partial charge is 0.271 e. The molecular weight excluding hydrogens is 340 g/mol. The van der Waals surface area contributed by atoms with Crippen LogP contribution in [-0.4, -0.2) is 37.0 Å². The van der Waals surface area contributed by atoms with Gasteiger partial charge >= 0.3 is 0 Å². The Morgan fingerprint density at radius 2 is 1.93 bits per heavy atom. The maximum Gasteiger partial charge on any atom is 0.271 e. The van der Waals surface area contributed by atoms with Gasteiger partial charge in [0.2, 0.25) is 0 Å². The van der Waals surface area contributed by atoms with Crippen molar-refractivity contribution in [1.82, 2.24) is 29.8 Å². The highest BCUT2D eigenvalue weighted by atomic mass is 16.1. The molecular formula is C20H18N6O. The van der Waals surface area contributed by atoms with Crippen molar-refractivity contribution < 1.29 is 4.79 Å². The fourth-order valence-electron chi connectivity index (χ4n) is 2.88. The van der Waals surface area contributed by atoms with Gasteiger partial charge in [0.1, 0.15) is 17.0 Å². The van der Waals surface area contributed by atoms with E-state index in [-0.39, 0.29) is 5.91 Å². The van der Waals surface area contributed by atoms with E-state index in [0.29, 0.717) is 18.8 Å². The van der Waals surface area contributed by atoms with E-state index in [0.717, 1.165) is 22.6 Å². The van der Waals surface area contributed by atoms with Crippen molar-refractivity contribution in [1.29, 1.82) is 0 Å². The number of rotatable bonds is 5. The first-order valence-corrected chi connectivity index (χ1v) is 8.65. The monoisotopic (exact) mass is 358 g/mol. The van der Waals surface area contributed by atoms with E-state index >= 15 is 0 Å². The van der Waals surface area contributed by atoms with E-state index in [2.05, 4.69) is 39.3 Å². The number of imidazole rings is 1. The quantitative estimate of drug-likeness (QED) is 0.593. The van der Waals surface area contributed by atoms with Crippen molar-refractivity contribution in [2.45, 2.75) is 13.5 Å². The summed E-state index contributed by atoms with van der Waals surface area (Å²) in [5, 5.41) is 2.87. The molecule has 0 radical (unpaired) electrons. The highest BCUT2D eigenvalue weighted by Crippen LogP contribution is 2.23. The van der Waals surface area contributed by atoms with Crippen LogP contribution in [-0.2, 0) is 6.54 Å². The van der Waals surface area contributed by atoms with Crippen LogP contribution in [0.4, 0.5) is 0 Å². The van der Waals surface area contributed by atoms with Crippen LogP contribution in [0.3, 0.4) is 0 Å². The van der Waals surface area contributed by atoms with Gasteiger partial charge in [-0.3, -0.25) is 9.78 Å². The molecule has 1 N–H and O–H groups in total. The predicted octanol–water partition coefficient (Wildman–Crippen LogP) is 2.63. The van der Waals surface area contributed by atoms with Gasteiger partial charge in [-0.25, -0.2) is 15.0 Å². The SMILES string of the molecule is Cc1ccc(-c2nc3cccnc3n2CCNC(=O)c2cnccn2)cc1. The van der Waals surface area contributed by atoms with Gasteiger partial charge in [0, 0.05) is 37.2 Å². The zero-order valence-corrected chi connectivity index (χ0v) is 14.8. The lowest BCUT2D eigenvalue weighted by Crippen LogP contribution is -2.28. The van der Waals surface area contributed by atoms with Crippen molar-refractivity contribution in [3.8, 4) is 11.4 Å². The molecule has 4 aromatic rings. The Bertz CT molecular complexity index is 1070. The number of carbonyl (C=O) groups excluding carboxylic acids is 1. The molecule has 0 saturated carbocycles. The summed E-state index contributed by atoms with van der Waals surface area (Å²) in [5.74, 6) is 0.579. The molecule has 7 heteroatoms. The van der Waals surface area contributed by atoms with Gasteiger partial charge in [-0.1, -0.05) is 29.8 Å². The van der Waals surface area contributed by atoms with Crippen LogP contribution in [0, 0.1) is 6.92 Å². The Balaban J connectivity index is 1.59. The number of aryl methyl sites for hydroxylation is 1. The van der Waals surface area contributed by atoms with Crippen LogP contribution in [0.2, 0.25) is 0 Å². The minimum atomic E-state index is -0.252. The molecule has 0 atom stereocenters. The van der Waals surface area contributed by atoms with Crippen molar-refractivity contribution in [2.75, 3.05) is 6.54 Å². The molecule has 3 heterocycles. The lowest BCUT2D eigenvalue weighted by Gasteiger charge is -2.10. The first-order chi connectivity index (χ1) is 13.2. The maximum atomic E-state index is 12.2. The Hall–Kier alpha value is -3.61. The number of aromatic nitrogens is 5. The third-order valence-corrected chi connectivity index (χ3v) is 4.23. The molecule has 1 amide bonds. The van der Waals surface area contributed by atoms with E-state index in [9.17, 15) is 4.79 Å². The van der Waals surface area contributed by atoms with Crippen LogP contribution < -0.4 is 5.32 Å². The number of hydrogen-bond acceptors (Lipinski definition) is 5. The lowest BCUT2D eigenvalue weighted by atomic mass is 10.1. The molecule has 4 rings (SSSR count). The summed E-state index contributed by atoms with van der Waals surface area (Å²) >= 11 is 0. The molecule has 27 heavy (non-hydrogen) atoms. The van der Waals surface area contributed by atoms with Crippen LogP contribution in [0.5, 0.6) is 0 Å². The first kappa shape index (κ1) is 16.8. The van der Waals surface area contributed by atoms with Crippen LogP contribution in [0.1, 0.15) is 16.1 Å². The Labute approximate surface area is 156 Å². The lowest BCUT2D eigenvalue weighted by molar-refractivity contribution is 0.0947. The van der Waals surface area contributed by atoms with E-state index in [1.807, 2.05) is 28.8 Å². The zero-order valence-electron chi connectivity index (χ0n) is 14.8. The van der Waals surface area contributed by atoms with E-state index < -0.39 is 0 Å². The molecule has 0 unspecified atom stereocenters. The minimum absolute atomic E-state index is 0.252. The number of benzene rings is 1. The van der Waals surface area contributed by atoms with Gasteiger partial charge in [-0.2, -0.15) is 0 Å². The highest BCUT2D eigenvalue weighted by Gasteiger charge is 2.14. The van der Waals surface area contributed by atoms with Crippen LogP contribution in [0.25, 0.3) is 22.6 Å². The standard InChI is InChI=1S/C20H18N6O/c1-14-4-6-15(7-5-14)18-25-16-3-2-8-23-19(16)26(18)12-11-24-20(27)17-13-21-9-10-22-17/h2-10,13H,11-12H2,1H3,(H,24,27). The average molecular weight is 358 g/mol. The summed E-state index contributed by atoms with van der Waals surface area (Å²) < 4.78 is 2.02. The van der Waals surface area contributed by atoms with E-state index in [1.54, 1.807) is 6.20 Å². The summed E-state index contributed by atoms with van der Waals surface area (Å²) in [5.41, 5.74) is 4.12. The molecule has 0 aliphatic carbocycles. The largest absolute Gasteiger partial charge is 0.349 e. The molecule has 0 spiro atoms. The van der Waals surface area contributed by atoms with E-state index in [1.165, 1.54) is 24.2 Å². The minimum Gasteiger partial charge on any atom is -0.349 e. The summed E-state index contributed by atoms with van der Waals surface area (Å²) in [6, 6.07) is 12.0. The first-order valence-electron chi connectivity index (χ1n) is 8.65. The van der Waals surface area contributed by atoms with Gasteiger partial charge in [-0.15, -0.1) is 0 Å². The predicted molar refractivity (Wildman–Crippen MR) is 102 cm³/mol. The van der Waals surface area contributed by atoms with Crippen LogP contribution in [0.15, 0.2) is 61.2 Å². The van der Waals surface area contributed by atoms with Crippen LogP contribution >= 0.6 is 0 Å². The Morgan fingerprint density at radius 1 is 1.07 bits per heavy atom. The second-order valence-electron chi connectivity index (χ2n) is 6.15. The van der Waals surface area contributed by atoms with Crippen molar-refractivity contribution in [3.63, 3.8) is 0 Å². The summed E-state index contributed by atoms with van der Waals surface area (Å²) in [6.45, 7) is 3.02. The van der Waals surface area contributed by atoms with Gasteiger partial charge in [0.25, 0.3) is 5.91 Å². The fourth-order valence-corrected chi connectivity index (χ4v) is 2.88. The summed E-state index contributed by atoms with van der Waals surface area (Å²) in [7, 11) is 0. The number of nitrogens with one attached hydrogen (secondary N) is 1. The van der Waals surface area contributed by atoms with Gasteiger partial charge in [0.15, 0.2) is 5.65 Å².